The van der Waals surface area contributed by atoms with Crippen LogP contribution in [0.15, 0.2) is 55.1 Å². The number of halogens is 1. The lowest BCUT2D eigenvalue weighted by Crippen LogP contribution is -2.23. The number of hydrogen-bond acceptors (Lipinski definition) is 4. The third kappa shape index (κ3) is 4.29. The molecule has 0 aliphatic rings. The molecule has 3 aromatic rings. The summed E-state index contributed by atoms with van der Waals surface area (Å²) in [4.78, 5) is 31.3. The van der Waals surface area contributed by atoms with E-state index in [1.807, 2.05) is 0 Å². The number of aromatic nitrogens is 3. The van der Waals surface area contributed by atoms with Crippen LogP contribution >= 0.6 is 0 Å². The minimum absolute atomic E-state index is 0.199. The summed E-state index contributed by atoms with van der Waals surface area (Å²) < 4.78 is 14.6. The Kier molecular flexibility index (Phi) is 5.02. The molecule has 26 heavy (non-hydrogen) atoms. The fourth-order valence-electron chi connectivity index (χ4n) is 2.25. The zero-order chi connectivity index (χ0) is 18.5. The second-order valence-electron chi connectivity index (χ2n) is 5.56. The van der Waals surface area contributed by atoms with E-state index in [1.165, 1.54) is 25.4 Å². The van der Waals surface area contributed by atoms with E-state index in [1.54, 1.807) is 41.2 Å². The van der Waals surface area contributed by atoms with Gasteiger partial charge in [-0.2, -0.15) is 0 Å². The van der Waals surface area contributed by atoms with E-state index >= 15 is 0 Å². The molecule has 2 amide bonds. The molecule has 0 atom stereocenters. The number of carbonyl (C=O) groups excluding carboxylic acids is 2. The van der Waals surface area contributed by atoms with E-state index in [0.29, 0.717) is 11.5 Å². The summed E-state index contributed by atoms with van der Waals surface area (Å²) in [5, 5.41) is 5.32. The second kappa shape index (κ2) is 7.56. The van der Waals surface area contributed by atoms with Crippen LogP contribution in [-0.2, 0) is 11.3 Å². The van der Waals surface area contributed by atoms with Gasteiger partial charge in [0.15, 0.2) is 0 Å². The minimum atomic E-state index is -0.336. The van der Waals surface area contributed by atoms with Gasteiger partial charge in [-0.15, -0.1) is 0 Å². The average molecular weight is 353 g/mol. The lowest BCUT2D eigenvalue weighted by Gasteiger charge is -2.05. The monoisotopic (exact) mass is 353 g/mol. The topological polar surface area (TPSA) is 88.9 Å². The summed E-state index contributed by atoms with van der Waals surface area (Å²) in [6.07, 6.45) is 4.63. The van der Waals surface area contributed by atoms with E-state index in [2.05, 4.69) is 20.6 Å². The number of carbonyl (C=O) groups is 2. The molecule has 0 aliphatic carbocycles. The van der Waals surface area contributed by atoms with Crippen molar-refractivity contribution >= 4 is 17.6 Å². The molecule has 0 aliphatic heterocycles. The molecule has 0 saturated heterocycles. The van der Waals surface area contributed by atoms with Crippen molar-refractivity contribution < 1.29 is 14.0 Å². The van der Waals surface area contributed by atoms with Gasteiger partial charge in [0.05, 0.1) is 0 Å². The lowest BCUT2D eigenvalue weighted by atomic mass is 10.2. The molecular formula is C18H16FN5O2. The zero-order valence-electron chi connectivity index (χ0n) is 13.9. The Hall–Kier alpha value is -3.55. The van der Waals surface area contributed by atoms with Crippen LogP contribution in [0.1, 0.15) is 23.0 Å². The number of imidazole rings is 1. The number of pyridine rings is 1. The van der Waals surface area contributed by atoms with Gasteiger partial charge in [-0.05, 0) is 35.9 Å². The molecule has 2 heterocycles. The highest BCUT2D eigenvalue weighted by atomic mass is 19.1. The fraction of sp³-hybridized carbons (Fsp3) is 0.111. The predicted octanol–water partition coefficient (Wildman–Crippen LogP) is 2.29. The Bertz CT molecular complexity index is 920. The Labute approximate surface area is 148 Å². The molecular weight excluding hydrogens is 337 g/mol. The van der Waals surface area contributed by atoms with Crippen LogP contribution in [0, 0.1) is 5.82 Å². The highest BCUT2D eigenvalue weighted by Gasteiger charge is 2.10. The highest BCUT2D eigenvalue weighted by Crippen LogP contribution is 2.10. The molecule has 0 unspecified atom stereocenters. The smallest absolute Gasteiger partial charge is 0.271 e. The summed E-state index contributed by atoms with van der Waals surface area (Å²) in [7, 11) is 0. The number of hydrogen-bond donors (Lipinski definition) is 2. The second-order valence-corrected chi connectivity index (χ2v) is 5.56. The largest absolute Gasteiger partial charge is 0.347 e. The third-order valence-electron chi connectivity index (χ3n) is 3.52. The summed E-state index contributed by atoms with van der Waals surface area (Å²) in [6.45, 7) is 1.68. The van der Waals surface area contributed by atoms with Crippen LogP contribution in [0.25, 0.3) is 5.69 Å². The SMILES string of the molecule is CC(=O)Nc1ccc(CNC(=O)c2cn(-c3ccc(F)cc3)cn2)cn1. The number of benzene rings is 1. The van der Waals surface area contributed by atoms with Gasteiger partial charge in [0.25, 0.3) is 5.91 Å². The van der Waals surface area contributed by atoms with Crippen molar-refractivity contribution in [3.8, 4) is 5.69 Å². The standard InChI is InChI=1S/C18H16FN5O2/c1-12(25)23-17-7-2-13(8-20-17)9-21-18(26)16-10-24(11-22-16)15-5-3-14(19)4-6-15/h2-8,10-11H,9H2,1H3,(H,21,26)(H,20,23,25). The summed E-state index contributed by atoms with van der Waals surface area (Å²) >= 11 is 0. The van der Waals surface area contributed by atoms with Crippen LogP contribution < -0.4 is 10.6 Å². The molecule has 8 heteroatoms. The number of nitrogens with one attached hydrogen (secondary N) is 2. The van der Waals surface area contributed by atoms with Crippen LogP contribution in [0.4, 0.5) is 10.2 Å². The van der Waals surface area contributed by atoms with Crippen LogP contribution in [0.5, 0.6) is 0 Å². The van der Waals surface area contributed by atoms with Gasteiger partial charge in [0.2, 0.25) is 5.91 Å². The van der Waals surface area contributed by atoms with Crippen molar-refractivity contribution in [2.75, 3.05) is 5.32 Å². The third-order valence-corrected chi connectivity index (χ3v) is 3.52. The Morgan fingerprint density at radius 1 is 1.12 bits per heavy atom. The van der Waals surface area contributed by atoms with E-state index < -0.39 is 0 Å². The van der Waals surface area contributed by atoms with Gasteiger partial charge in [0, 0.05) is 31.5 Å². The summed E-state index contributed by atoms with van der Waals surface area (Å²) in [6, 6.07) is 9.29. The van der Waals surface area contributed by atoms with E-state index in [4.69, 9.17) is 0 Å². The van der Waals surface area contributed by atoms with Crippen molar-refractivity contribution in [1.29, 1.82) is 0 Å². The molecule has 0 fully saturated rings. The fourth-order valence-corrected chi connectivity index (χ4v) is 2.25. The summed E-state index contributed by atoms with van der Waals surface area (Å²) in [5.41, 5.74) is 1.73. The number of anilines is 1. The van der Waals surface area contributed by atoms with Gasteiger partial charge < -0.3 is 15.2 Å². The van der Waals surface area contributed by atoms with Gasteiger partial charge in [-0.1, -0.05) is 6.07 Å². The Morgan fingerprint density at radius 2 is 1.88 bits per heavy atom. The van der Waals surface area contributed by atoms with E-state index in [-0.39, 0.29) is 29.9 Å². The first-order valence-corrected chi connectivity index (χ1v) is 7.82. The van der Waals surface area contributed by atoms with Crippen molar-refractivity contribution in [2.45, 2.75) is 13.5 Å². The van der Waals surface area contributed by atoms with Crippen LogP contribution in [0.2, 0.25) is 0 Å². The van der Waals surface area contributed by atoms with E-state index in [9.17, 15) is 14.0 Å². The van der Waals surface area contributed by atoms with Crippen molar-refractivity contribution in [3.63, 3.8) is 0 Å². The van der Waals surface area contributed by atoms with E-state index in [0.717, 1.165) is 5.56 Å². The highest BCUT2D eigenvalue weighted by molar-refractivity contribution is 5.92. The number of amides is 2. The summed E-state index contributed by atoms with van der Waals surface area (Å²) in [5.74, 6) is -0.414. The average Bonchev–Trinajstić information content (AvgIpc) is 3.11. The maximum Gasteiger partial charge on any atom is 0.271 e. The first-order valence-electron chi connectivity index (χ1n) is 7.82. The van der Waals surface area contributed by atoms with Gasteiger partial charge in [-0.3, -0.25) is 9.59 Å². The van der Waals surface area contributed by atoms with Gasteiger partial charge in [0.1, 0.15) is 23.7 Å². The minimum Gasteiger partial charge on any atom is -0.347 e. The predicted molar refractivity (Wildman–Crippen MR) is 93.2 cm³/mol. The van der Waals surface area contributed by atoms with Crippen molar-refractivity contribution in [2.24, 2.45) is 0 Å². The zero-order valence-corrected chi connectivity index (χ0v) is 13.9. The quantitative estimate of drug-likeness (QED) is 0.737. The molecule has 3 rings (SSSR count). The van der Waals surface area contributed by atoms with Crippen LogP contribution in [0.3, 0.4) is 0 Å². The van der Waals surface area contributed by atoms with Crippen LogP contribution in [-0.4, -0.2) is 26.3 Å². The maximum absolute atomic E-state index is 13.0. The normalized spacial score (nSPS) is 10.4. The van der Waals surface area contributed by atoms with Crippen molar-refractivity contribution in [3.05, 3.63) is 72.2 Å². The molecule has 1 aromatic carbocycles. The molecule has 7 nitrogen and oxygen atoms in total. The Morgan fingerprint density at radius 3 is 2.54 bits per heavy atom. The lowest BCUT2D eigenvalue weighted by molar-refractivity contribution is -0.114. The molecule has 0 radical (unpaired) electrons. The molecule has 0 spiro atoms. The maximum atomic E-state index is 13.0. The Balaban J connectivity index is 1.60. The first kappa shape index (κ1) is 17.3. The van der Waals surface area contributed by atoms with Gasteiger partial charge >= 0.3 is 0 Å². The first-order chi connectivity index (χ1) is 12.5. The molecule has 2 aromatic heterocycles. The molecule has 2 N–H and O–H groups in total. The molecule has 0 bridgehead atoms. The molecule has 0 saturated carbocycles. The van der Waals surface area contributed by atoms with Crippen molar-refractivity contribution in [1.82, 2.24) is 19.9 Å². The van der Waals surface area contributed by atoms with Gasteiger partial charge in [-0.25, -0.2) is 14.4 Å². The number of rotatable bonds is 5. The number of nitrogens with zero attached hydrogens (tertiary/aromatic N) is 3. The molecule has 132 valence electrons.